The van der Waals surface area contributed by atoms with Gasteiger partial charge in [-0.1, -0.05) is 6.07 Å². The molecule has 0 bridgehead atoms. The van der Waals surface area contributed by atoms with Crippen LogP contribution in [0.2, 0.25) is 0 Å². The maximum Gasteiger partial charge on any atom is 0.251 e. The molecule has 3 heterocycles. The van der Waals surface area contributed by atoms with E-state index in [0.717, 1.165) is 5.56 Å². The molecule has 2 aromatic heterocycles. The predicted octanol–water partition coefficient (Wildman–Crippen LogP) is 0.181. The third-order valence-corrected chi connectivity index (χ3v) is 4.26. The van der Waals surface area contributed by atoms with Crippen molar-refractivity contribution in [2.75, 3.05) is 13.1 Å². The van der Waals surface area contributed by atoms with Crippen LogP contribution in [-0.4, -0.2) is 44.8 Å². The second-order valence-corrected chi connectivity index (χ2v) is 6.41. The summed E-state index contributed by atoms with van der Waals surface area (Å²) in [4.78, 5) is 48.5. The standard InChI is InChI=1S/C18H21N5O3/c1-12-7-16(24)22-15(21-12)4-6-20-18(26)14-8-17(25)23(11-14)10-13-3-2-5-19-9-13/h2-3,5,7,9,14H,4,6,8,10-11H2,1H3,(H,20,26)(H,21,22,24). The molecule has 8 nitrogen and oxygen atoms in total. The molecule has 2 aromatic rings. The van der Waals surface area contributed by atoms with Crippen LogP contribution < -0.4 is 10.9 Å². The second kappa shape index (κ2) is 7.90. The molecule has 0 spiro atoms. The van der Waals surface area contributed by atoms with Crippen molar-refractivity contribution >= 4 is 11.8 Å². The molecule has 1 saturated heterocycles. The highest BCUT2D eigenvalue weighted by atomic mass is 16.2. The first kappa shape index (κ1) is 17.8. The van der Waals surface area contributed by atoms with Crippen LogP contribution in [0.15, 0.2) is 35.4 Å². The first-order valence-electron chi connectivity index (χ1n) is 8.52. The Kier molecular flexibility index (Phi) is 5.40. The van der Waals surface area contributed by atoms with E-state index in [0.29, 0.717) is 37.6 Å². The van der Waals surface area contributed by atoms with Crippen molar-refractivity contribution in [1.29, 1.82) is 0 Å². The van der Waals surface area contributed by atoms with Crippen LogP contribution in [0, 0.1) is 12.8 Å². The summed E-state index contributed by atoms with van der Waals surface area (Å²) in [5, 5.41) is 2.82. The minimum atomic E-state index is -0.358. The molecule has 2 N–H and O–H groups in total. The number of aromatic amines is 1. The Morgan fingerprint density at radius 3 is 3.00 bits per heavy atom. The summed E-state index contributed by atoms with van der Waals surface area (Å²) < 4.78 is 0. The number of amides is 2. The molecule has 26 heavy (non-hydrogen) atoms. The third-order valence-electron chi connectivity index (χ3n) is 4.26. The molecule has 1 unspecified atom stereocenters. The van der Waals surface area contributed by atoms with Crippen molar-refractivity contribution in [2.24, 2.45) is 5.92 Å². The minimum Gasteiger partial charge on any atom is -0.355 e. The van der Waals surface area contributed by atoms with Crippen molar-refractivity contribution in [1.82, 2.24) is 25.2 Å². The summed E-state index contributed by atoms with van der Waals surface area (Å²) in [5.41, 5.74) is 1.38. The molecule has 8 heteroatoms. The Labute approximate surface area is 150 Å². The van der Waals surface area contributed by atoms with Gasteiger partial charge < -0.3 is 15.2 Å². The van der Waals surface area contributed by atoms with E-state index in [-0.39, 0.29) is 29.7 Å². The fourth-order valence-corrected chi connectivity index (χ4v) is 3.02. The van der Waals surface area contributed by atoms with Crippen LogP contribution >= 0.6 is 0 Å². The van der Waals surface area contributed by atoms with Crippen LogP contribution in [0.1, 0.15) is 23.5 Å². The molecular formula is C18H21N5O3. The number of rotatable bonds is 6. The summed E-state index contributed by atoms with van der Waals surface area (Å²) in [7, 11) is 0. The smallest absolute Gasteiger partial charge is 0.251 e. The zero-order valence-corrected chi connectivity index (χ0v) is 14.6. The highest BCUT2D eigenvalue weighted by Crippen LogP contribution is 2.20. The number of aryl methyl sites for hydroxylation is 1. The molecule has 2 amide bonds. The lowest BCUT2D eigenvalue weighted by molar-refractivity contribution is -0.129. The third kappa shape index (κ3) is 4.53. The molecule has 1 aliphatic rings. The summed E-state index contributed by atoms with van der Waals surface area (Å²) in [5.74, 6) is 0.000382. The van der Waals surface area contributed by atoms with Gasteiger partial charge in [-0.2, -0.15) is 0 Å². The van der Waals surface area contributed by atoms with E-state index in [1.807, 2.05) is 12.1 Å². The number of aromatic nitrogens is 3. The lowest BCUT2D eigenvalue weighted by Gasteiger charge is -2.16. The van der Waals surface area contributed by atoms with Gasteiger partial charge in [-0.3, -0.25) is 19.4 Å². The monoisotopic (exact) mass is 355 g/mol. The largest absolute Gasteiger partial charge is 0.355 e. The fourth-order valence-electron chi connectivity index (χ4n) is 3.02. The van der Waals surface area contributed by atoms with Crippen molar-refractivity contribution in [3.63, 3.8) is 0 Å². The van der Waals surface area contributed by atoms with Gasteiger partial charge in [0.1, 0.15) is 5.82 Å². The van der Waals surface area contributed by atoms with Crippen LogP contribution in [0.5, 0.6) is 0 Å². The van der Waals surface area contributed by atoms with Crippen molar-refractivity contribution < 1.29 is 9.59 Å². The number of hydrogen-bond donors (Lipinski definition) is 2. The van der Waals surface area contributed by atoms with E-state index in [9.17, 15) is 14.4 Å². The number of likely N-dealkylation sites (tertiary alicyclic amines) is 1. The van der Waals surface area contributed by atoms with E-state index in [1.165, 1.54) is 6.07 Å². The average Bonchev–Trinajstić information content (AvgIpc) is 2.96. The van der Waals surface area contributed by atoms with Gasteiger partial charge in [-0.15, -0.1) is 0 Å². The summed E-state index contributed by atoms with van der Waals surface area (Å²) in [6, 6.07) is 5.15. The molecular weight excluding hydrogens is 334 g/mol. The Morgan fingerprint density at radius 2 is 2.27 bits per heavy atom. The maximum atomic E-state index is 12.3. The highest BCUT2D eigenvalue weighted by molar-refractivity contribution is 5.89. The van der Waals surface area contributed by atoms with Crippen LogP contribution in [0.3, 0.4) is 0 Å². The number of nitrogens with one attached hydrogen (secondary N) is 2. The normalized spacial score (nSPS) is 16.7. The van der Waals surface area contributed by atoms with Gasteiger partial charge in [-0.25, -0.2) is 4.98 Å². The molecule has 0 aliphatic carbocycles. The molecule has 0 saturated carbocycles. The summed E-state index contributed by atoms with van der Waals surface area (Å²) in [6.07, 6.45) is 4.05. The summed E-state index contributed by atoms with van der Waals surface area (Å²) >= 11 is 0. The van der Waals surface area contributed by atoms with E-state index < -0.39 is 0 Å². The zero-order chi connectivity index (χ0) is 18.5. The van der Waals surface area contributed by atoms with Crippen molar-refractivity contribution in [2.45, 2.75) is 26.3 Å². The van der Waals surface area contributed by atoms with Crippen LogP contribution in [-0.2, 0) is 22.6 Å². The quantitative estimate of drug-likeness (QED) is 0.768. The maximum absolute atomic E-state index is 12.3. The summed E-state index contributed by atoms with van der Waals surface area (Å²) in [6.45, 7) is 2.97. The Bertz CT molecular complexity index is 849. The van der Waals surface area contributed by atoms with Crippen molar-refractivity contribution in [3.8, 4) is 0 Å². The van der Waals surface area contributed by atoms with Gasteiger partial charge >= 0.3 is 0 Å². The topological polar surface area (TPSA) is 108 Å². The predicted molar refractivity (Wildman–Crippen MR) is 94.1 cm³/mol. The van der Waals surface area contributed by atoms with Gasteiger partial charge in [-0.05, 0) is 18.6 Å². The Hall–Kier alpha value is -3.03. The molecule has 3 rings (SSSR count). The molecule has 136 valence electrons. The van der Waals surface area contributed by atoms with Gasteiger partial charge in [0.2, 0.25) is 11.8 Å². The van der Waals surface area contributed by atoms with Crippen molar-refractivity contribution in [3.05, 3.63) is 58.0 Å². The van der Waals surface area contributed by atoms with Gasteiger partial charge in [0.05, 0.1) is 5.92 Å². The van der Waals surface area contributed by atoms with Gasteiger partial charge in [0, 0.05) is 56.6 Å². The fraction of sp³-hybridized carbons (Fsp3) is 0.389. The van der Waals surface area contributed by atoms with E-state index in [4.69, 9.17) is 0 Å². The number of nitrogens with zero attached hydrogens (tertiary/aromatic N) is 3. The van der Waals surface area contributed by atoms with E-state index in [1.54, 1.807) is 24.2 Å². The van der Waals surface area contributed by atoms with E-state index in [2.05, 4.69) is 20.3 Å². The Balaban J connectivity index is 1.49. The van der Waals surface area contributed by atoms with Crippen LogP contribution in [0.4, 0.5) is 0 Å². The number of carbonyl (C=O) groups excluding carboxylic acids is 2. The number of hydrogen-bond acceptors (Lipinski definition) is 5. The number of H-pyrrole nitrogens is 1. The van der Waals surface area contributed by atoms with E-state index >= 15 is 0 Å². The number of pyridine rings is 1. The molecule has 1 atom stereocenters. The SMILES string of the molecule is Cc1cc(=O)[nH]c(CCNC(=O)C2CC(=O)N(Cc3cccnc3)C2)n1. The molecule has 1 aliphatic heterocycles. The van der Waals surface area contributed by atoms with Gasteiger partial charge in [0.15, 0.2) is 0 Å². The molecule has 0 radical (unpaired) electrons. The zero-order valence-electron chi connectivity index (χ0n) is 14.6. The second-order valence-electron chi connectivity index (χ2n) is 6.41. The molecule has 1 fully saturated rings. The average molecular weight is 355 g/mol. The lowest BCUT2D eigenvalue weighted by atomic mass is 10.1. The van der Waals surface area contributed by atoms with Crippen LogP contribution in [0.25, 0.3) is 0 Å². The Morgan fingerprint density at radius 1 is 1.42 bits per heavy atom. The number of carbonyl (C=O) groups is 2. The minimum absolute atomic E-state index is 0.0290. The lowest BCUT2D eigenvalue weighted by Crippen LogP contribution is -2.34. The first-order valence-corrected chi connectivity index (χ1v) is 8.52. The molecule has 0 aromatic carbocycles. The first-order chi connectivity index (χ1) is 12.5. The van der Waals surface area contributed by atoms with Gasteiger partial charge in [0.25, 0.3) is 5.56 Å². The highest BCUT2D eigenvalue weighted by Gasteiger charge is 2.34.